The lowest BCUT2D eigenvalue weighted by atomic mass is 10.2. The summed E-state index contributed by atoms with van der Waals surface area (Å²) < 4.78 is 16.5. The van der Waals surface area contributed by atoms with Crippen molar-refractivity contribution in [3.05, 3.63) is 66.0 Å². The van der Waals surface area contributed by atoms with Crippen LogP contribution in [0, 0.1) is 0 Å². The number of hydrogen-bond donors (Lipinski definition) is 1. The monoisotopic (exact) mass is 446 g/mol. The van der Waals surface area contributed by atoms with Gasteiger partial charge in [0.15, 0.2) is 5.82 Å². The molecular formula is C25H26N4O4. The van der Waals surface area contributed by atoms with Crippen molar-refractivity contribution in [1.29, 1.82) is 0 Å². The van der Waals surface area contributed by atoms with E-state index in [0.717, 1.165) is 29.7 Å². The minimum atomic E-state index is -0.439. The Morgan fingerprint density at radius 1 is 1.00 bits per heavy atom. The molecule has 2 aromatic carbocycles. The average Bonchev–Trinajstić information content (AvgIpc) is 3.37. The Balaban J connectivity index is 1.41. The third-order valence-corrected chi connectivity index (χ3v) is 5.36. The first-order valence-corrected chi connectivity index (χ1v) is 10.8. The van der Waals surface area contributed by atoms with Crippen LogP contribution in [0.4, 0.5) is 0 Å². The fraction of sp³-hybridized carbons (Fsp3) is 0.280. The van der Waals surface area contributed by atoms with Gasteiger partial charge in [-0.05, 0) is 68.1 Å². The number of methoxy groups -OCH3 is 2. The number of rotatable bonds is 8. The van der Waals surface area contributed by atoms with Gasteiger partial charge in [-0.3, -0.25) is 4.79 Å². The first-order chi connectivity index (χ1) is 16.1. The van der Waals surface area contributed by atoms with Crippen LogP contribution < -0.4 is 19.6 Å². The summed E-state index contributed by atoms with van der Waals surface area (Å²) in [5, 5.41) is 4.02. The van der Waals surface area contributed by atoms with Gasteiger partial charge in [-0.25, -0.2) is 15.4 Å². The number of nitrogens with one attached hydrogen (secondary N) is 1. The molecular weight excluding hydrogens is 420 g/mol. The predicted molar refractivity (Wildman–Crippen MR) is 125 cm³/mol. The van der Waals surface area contributed by atoms with Crippen molar-refractivity contribution in [2.75, 3.05) is 14.2 Å². The molecule has 1 aliphatic carbocycles. The minimum absolute atomic E-state index is 0.214. The molecule has 1 aromatic heterocycles. The van der Waals surface area contributed by atoms with Crippen molar-refractivity contribution in [2.45, 2.75) is 31.8 Å². The molecule has 33 heavy (non-hydrogen) atoms. The first-order valence-electron chi connectivity index (χ1n) is 10.8. The van der Waals surface area contributed by atoms with Crippen molar-refractivity contribution in [3.63, 3.8) is 0 Å². The minimum Gasteiger partial charge on any atom is -0.497 e. The maximum Gasteiger partial charge on any atom is 0.290 e. The molecule has 0 aliphatic heterocycles. The van der Waals surface area contributed by atoms with Crippen LogP contribution in [0.25, 0.3) is 11.4 Å². The number of hydrogen-bond acceptors (Lipinski definition) is 7. The zero-order chi connectivity index (χ0) is 23.0. The lowest BCUT2D eigenvalue weighted by Gasteiger charge is -2.13. The zero-order valence-corrected chi connectivity index (χ0v) is 18.7. The Kier molecular flexibility index (Phi) is 7.14. The van der Waals surface area contributed by atoms with E-state index in [1.54, 1.807) is 44.7 Å². The van der Waals surface area contributed by atoms with Crippen molar-refractivity contribution < 1.29 is 19.0 Å². The van der Waals surface area contributed by atoms with Gasteiger partial charge in [0, 0.05) is 23.4 Å². The largest absolute Gasteiger partial charge is 0.497 e. The van der Waals surface area contributed by atoms with E-state index in [4.69, 9.17) is 14.2 Å². The summed E-state index contributed by atoms with van der Waals surface area (Å²) in [5.74, 6) is 2.11. The van der Waals surface area contributed by atoms with E-state index in [9.17, 15) is 4.79 Å². The summed E-state index contributed by atoms with van der Waals surface area (Å²) in [6, 6.07) is 14.5. The second-order valence-corrected chi connectivity index (χ2v) is 7.66. The molecule has 8 nitrogen and oxygen atoms in total. The van der Waals surface area contributed by atoms with E-state index in [-0.39, 0.29) is 5.69 Å². The Labute approximate surface area is 192 Å². The SMILES string of the molecule is COc1cc(/C=N/NC(=O)c2ccnc(-c3ccc(OC4CCCC4)cc3)n2)cc(OC)c1. The van der Waals surface area contributed by atoms with Gasteiger partial charge < -0.3 is 14.2 Å². The molecule has 1 aliphatic rings. The summed E-state index contributed by atoms with van der Waals surface area (Å²) in [6.07, 6.45) is 8.03. The van der Waals surface area contributed by atoms with Crippen LogP contribution in [0.15, 0.2) is 59.8 Å². The Morgan fingerprint density at radius 2 is 1.70 bits per heavy atom. The van der Waals surface area contributed by atoms with Gasteiger partial charge in [0.25, 0.3) is 5.91 Å². The number of carbonyl (C=O) groups is 1. The van der Waals surface area contributed by atoms with E-state index in [0.29, 0.717) is 23.4 Å². The van der Waals surface area contributed by atoms with Gasteiger partial charge in [-0.2, -0.15) is 5.10 Å². The van der Waals surface area contributed by atoms with E-state index in [1.807, 2.05) is 24.3 Å². The van der Waals surface area contributed by atoms with E-state index in [1.165, 1.54) is 19.1 Å². The molecule has 1 fully saturated rings. The summed E-state index contributed by atoms with van der Waals surface area (Å²) in [5.41, 5.74) is 4.22. The molecule has 0 bridgehead atoms. The number of benzene rings is 2. The van der Waals surface area contributed by atoms with Crippen LogP contribution in [-0.4, -0.2) is 42.4 Å². The van der Waals surface area contributed by atoms with E-state index >= 15 is 0 Å². The summed E-state index contributed by atoms with van der Waals surface area (Å²) in [7, 11) is 3.14. The fourth-order valence-electron chi connectivity index (χ4n) is 3.63. The van der Waals surface area contributed by atoms with Gasteiger partial charge in [-0.15, -0.1) is 0 Å². The Bertz CT molecular complexity index is 1100. The normalized spacial score (nSPS) is 13.8. The molecule has 1 saturated carbocycles. The number of hydrazone groups is 1. The second-order valence-electron chi connectivity index (χ2n) is 7.66. The van der Waals surface area contributed by atoms with Crippen molar-refractivity contribution in [3.8, 4) is 28.6 Å². The van der Waals surface area contributed by atoms with Crippen molar-refractivity contribution in [1.82, 2.24) is 15.4 Å². The molecule has 1 amide bonds. The molecule has 0 unspecified atom stereocenters. The molecule has 4 rings (SSSR count). The van der Waals surface area contributed by atoms with Crippen LogP contribution in [0.5, 0.6) is 17.2 Å². The van der Waals surface area contributed by atoms with Gasteiger partial charge >= 0.3 is 0 Å². The van der Waals surface area contributed by atoms with E-state index < -0.39 is 5.91 Å². The summed E-state index contributed by atoms with van der Waals surface area (Å²) in [4.78, 5) is 21.2. The Hall–Kier alpha value is -3.94. The highest BCUT2D eigenvalue weighted by atomic mass is 16.5. The van der Waals surface area contributed by atoms with Crippen molar-refractivity contribution in [2.24, 2.45) is 5.10 Å². The average molecular weight is 447 g/mol. The number of carbonyl (C=O) groups excluding carboxylic acids is 1. The maximum atomic E-state index is 12.5. The number of ether oxygens (including phenoxy) is 3. The van der Waals surface area contributed by atoms with Gasteiger partial charge in [-0.1, -0.05) is 0 Å². The lowest BCUT2D eigenvalue weighted by Crippen LogP contribution is -2.19. The molecule has 0 saturated heterocycles. The van der Waals surface area contributed by atoms with Crippen LogP contribution >= 0.6 is 0 Å². The third kappa shape index (κ3) is 5.85. The van der Waals surface area contributed by atoms with Gasteiger partial charge in [0.1, 0.15) is 22.9 Å². The third-order valence-electron chi connectivity index (χ3n) is 5.36. The predicted octanol–water partition coefficient (Wildman–Crippen LogP) is 4.25. The highest BCUT2D eigenvalue weighted by Gasteiger charge is 2.16. The molecule has 170 valence electrons. The molecule has 1 N–H and O–H groups in total. The zero-order valence-electron chi connectivity index (χ0n) is 18.7. The topological polar surface area (TPSA) is 94.9 Å². The number of amides is 1. The maximum absolute atomic E-state index is 12.5. The molecule has 1 heterocycles. The standard InChI is InChI=1S/C25H26N4O4/c1-31-21-13-17(14-22(15-21)32-2)16-27-29-25(30)23-11-12-26-24(28-23)18-7-9-20(10-8-18)33-19-5-3-4-6-19/h7-16,19H,3-6H2,1-2H3,(H,29,30)/b27-16+. The highest BCUT2D eigenvalue weighted by molar-refractivity contribution is 5.93. The number of nitrogens with zero attached hydrogens (tertiary/aromatic N) is 3. The smallest absolute Gasteiger partial charge is 0.290 e. The van der Waals surface area contributed by atoms with Crippen LogP contribution in [-0.2, 0) is 0 Å². The number of aromatic nitrogens is 2. The second kappa shape index (κ2) is 10.6. The van der Waals surface area contributed by atoms with Crippen LogP contribution in [0.2, 0.25) is 0 Å². The molecule has 0 radical (unpaired) electrons. The van der Waals surface area contributed by atoms with E-state index in [2.05, 4.69) is 20.5 Å². The lowest BCUT2D eigenvalue weighted by molar-refractivity contribution is 0.0950. The molecule has 0 spiro atoms. The summed E-state index contributed by atoms with van der Waals surface area (Å²) >= 11 is 0. The molecule has 0 atom stereocenters. The van der Waals surface area contributed by atoms with Crippen LogP contribution in [0.3, 0.4) is 0 Å². The van der Waals surface area contributed by atoms with Gasteiger partial charge in [0.2, 0.25) is 0 Å². The quantitative estimate of drug-likeness (QED) is 0.411. The van der Waals surface area contributed by atoms with Crippen LogP contribution in [0.1, 0.15) is 41.7 Å². The van der Waals surface area contributed by atoms with Gasteiger partial charge in [0.05, 0.1) is 26.5 Å². The van der Waals surface area contributed by atoms with Crippen molar-refractivity contribution >= 4 is 12.1 Å². The Morgan fingerprint density at radius 3 is 2.36 bits per heavy atom. The highest BCUT2D eigenvalue weighted by Crippen LogP contribution is 2.26. The molecule has 8 heteroatoms. The summed E-state index contributed by atoms with van der Waals surface area (Å²) in [6.45, 7) is 0. The fourth-order valence-corrected chi connectivity index (χ4v) is 3.63. The molecule has 3 aromatic rings. The first kappa shape index (κ1) is 22.3.